The van der Waals surface area contributed by atoms with Crippen LogP contribution in [0.4, 0.5) is 5.82 Å². The Labute approximate surface area is 99.5 Å². The second kappa shape index (κ2) is 3.55. The lowest BCUT2D eigenvalue weighted by molar-refractivity contribution is 0.321. The van der Waals surface area contributed by atoms with Crippen molar-refractivity contribution in [2.45, 2.75) is 13.8 Å². The topological polar surface area (TPSA) is 51.1 Å². The summed E-state index contributed by atoms with van der Waals surface area (Å²) in [6.45, 7) is 5.29. The number of aromatic nitrogens is 3. The predicted molar refractivity (Wildman–Crippen MR) is 65.6 cm³/mol. The van der Waals surface area contributed by atoms with E-state index in [0.717, 1.165) is 34.8 Å². The largest absolute Gasteiger partial charge is 0.475 e. The smallest absolute Gasteiger partial charge is 0.227 e. The molecule has 1 aliphatic heterocycles. The molecule has 1 aliphatic rings. The molecule has 3 heterocycles. The molecule has 0 aliphatic carbocycles. The van der Waals surface area contributed by atoms with Crippen molar-refractivity contribution in [2.75, 3.05) is 25.1 Å². The molecule has 0 N–H and O–H groups in total. The van der Waals surface area contributed by atoms with Crippen molar-refractivity contribution >= 4 is 16.7 Å². The van der Waals surface area contributed by atoms with Crippen LogP contribution < -0.4 is 9.64 Å². The van der Waals surface area contributed by atoms with Crippen molar-refractivity contribution in [1.29, 1.82) is 0 Å². The molecule has 0 bridgehead atoms. The number of nitrogens with zero attached hydrogens (tertiary/aromatic N) is 4. The molecule has 0 atom stereocenters. The number of likely N-dealkylation sites (N-methyl/N-ethyl adjacent to an activating group) is 1. The summed E-state index contributed by atoms with van der Waals surface area (Å²) in [6, 6.07) is 1.97. The third kappa shape index (κ3) is 1.58. The van der Waals surface area contributed by atoms with Crippen LogP contribution in [0.25, 0.3) is 10.9 Å². The Morgan fingerprint density at radius 2 is 2.06 bits per heavy atom. The average molecular weight is 230 g/mol. The maximum atomic E-state index is 5.68. The monoisotopic (exact) mass is 230 g/mol. The Balaban J connectivity index is 2.43. The minimum atomic E-state index is 0.622. The quantitative estimate of drug-likeness (QED) is 0.686. The number of hydrogen-bond acceptors (Lipinski definition) is 5. The highest BCUT2D eigenvalue weighted by atomic mass is 16.5. The van der Waals surface area contributed by atoms with E-state index in [1.165, 1.54) is 0 Å². The molecular weight excluding hydrogens is 216 g/mol. The molecule has 0 unspecified atom stereocenters. The molecule has 2 aromatic heterocycles. The highest BCUT2D eigenvalue weighted by Gasteiger charge is 2.19. The SMILES string of the molecule is Cc1cc2nc(C)nc3c2c(n1)OCCN3C. The van der Waals surface area contributed by atoms with E-state index in [4.69, 9.17) is 4.74 Å². The fraction of sp³-hybridized carbons (Fsp3) is 0.417. The molecule has 0 radical (unpaired) electrons. The summed E-state index contributed by atoms with van der Waals surface area (Å²) in [5, 5.41) is 0.918. The van der Waals surface area contributed by atoms with Crippen LogP contribution in [0.2, 0.25) is 0 Å². The minimum Gasteiger partial charge on any atom is -0.475 e. The van der Waals surface area contributed by atoms with E-state index in [9.17, 15) is 0 Å². The van der Waals surface area contributed by atoms with Crippen LogP contribution in [0.1, 0.15) is 11.5 Å². The zero-order chi connectivity index (χ0) is 12.0. The fourth-order valence-corrected chi connectivity index (χ4v) is 2.10. The van der Waals surface area contributed by atoms with Gasteiger partial charge in [-0.05, 0) is 19.9 Å². The van der Waals surface area contributed by atoms with E-state index in [0.29, 0.717) is 12.5 Å². The van der Waals surface area contributed by atoms with Crippen LogP contribution >= 0.6 is 0 Å². The van der Waals surface area contributed by atoms with Crippen LogP contribution in [0.5, 0.6) is 5.88 Å². The van der Waals surface area contributed by atoms with Gasteiger partial charge in [-0.15, -0.1) is 0 Å². The standard InChI is InChI=1S/C12H14N4O/c1-7-6-9-10-11(15-8(2)14-9)16(3)4-5-17-12(10)13-7/h6H,4-5H2,1-3H3. The minimum absolute atomic E-state index is 0.622. The molecule has 17 heavy (non-hydrogen) atoms. The van der Waals surface area contributed by atoms with E-state index >= 15 is 0 Å². The first-order chi connectivity index (χ1) is 8.15. The van der Waals surface area contributed by atoms with Gasteiger partial charge in [-0.25, -0.2) is 15.0 Å². The zero-order valence-corrected chi connectivity index (χ0v) is 10.2. The summed E-state index contributed by atoms with van der Waals surface area (Å²) in [5.74, 6) is 2.34. The van der Waals surface area contributed by atoms with E-state index < -0.39 is 0 Å². The molecule has 5 nitrogen and oxygen atoms in total. The van der Waals surface area contributed by atoms with Crippen LogP contribution in [0, 0.1) is 13.8 Å². The van der Waals surface area contributed by atoms with Crippen molar-refractivity contribution in [3.63, 3.8) is 0 Å². The summed E-state index contributed by atoms with van der Waals surface area (Å²) in [7, 11) is 2.01. The van der Waals surface area contributed by atoms with Crippen molar-refractivity contribution in [3.8, 4) is 5.88 Å². The van der Waals surface area contributed by atoms with E-state index in [-0.39, 0.29) is 0 Å². The van der Waals surface area contributed by atoms with Crippen LogP contribution in [0.3, 0.4) is 0 Å². The lowest BCUT2D eigenvalue weighted by Gasteiger charge is -2.16. The van der Waals surface area contributed by atoms with Crippen molar-refractivity contribution in [2.24, 2.45) is 0 Å². The third-order valence-corrected chi connectivity index (χ3v) is 2.89. The summed E-state index contributed by atoms with van der Waals surface area (Å²) in [5.41, 5.74) is 1.82. The molecule has 0 aromatic carbocycles. The maximum absolute atomic E-state index is 5.68. The van der Waals surface area contributed by atoms with E-state index in [1.54, 1.807) is 0 Å². The molecule has 0 amide bonds. The second-order valence-corrected chi connectivity index (χ2v) is 4.33. The fourth-order valence-electron chi connectivity index (χ4n) is 2.10. The van der Waals surface area contributed by atoms with E-state index in [1.807, 2.05) is 27.0 Å². The molecule has 88 valence electrons. The second-order valence-electron chi connectivity index (χ2n) is 4.33. The molecule has 0 fully saturated rings. The van der Waals surface area contributed by atoms with Gasteiger partial charge in [0.25, 0.3) is 0 Å². The lowest BCUT2D eigenvalue weighted by atomic mass is 10.2. The molecule has 2 aromatic rings. The number of pyridine rings is 1. The van der Waals surface area contributed by atoms with Gasteiger partial charge in [-0.1, -0.05) is 0 Å². The first-order valence-electron chi connectivity index (χ1n) is 5.65. The zero-order valence-electron chi connectivity index (χ0n) is 10.2. The Hall–Kier alpha value is -1.91. The normalized spacial score (nSPS) is 14.6. The van der Waals surface area contributed by atoms with Gasteiger partial charge in [0.1, 0.15) is 23.6 Å². The molecule has 5 heteroatoms. The van der Waals surface area contributed by atoms with E-state index in [2.05, 4.69) is 19.9 Å². The van der Waals surface area contributed by atoms with Gasteiger partial charge >= 0.3 is 0 Å². The van der Waals surface area contributed by atoms with Gasteiger partial charge in [0, 0.05) is 12.7 Å². The molecule has 0 saturated carbocycles. The summed E-state index contributed by atoms with van der Waals surface area (Å²) in [6.07, 6.45) is 0. The number of hydrogen-bond donors (Lipinski definition) is 0. The highest BCUT2D eigenvalue weighted by Crippen LogP contribution is 2.32. The van der Waals surface area contributed by atoms with Crippen molar-refractivity contribution in [1.82, 2.24) is 15.0 Å². The first-order valence-corrected chi connectivity index (χ1v) is 5.65. The van der Waals surface area contributed by atoms with Crippen molar-refractivity contribution in [3.05, 3.63) is 17.6 Å². The van der Waals surface area contributed by atoms with Gasteiger partial charge in [0.15, 0.2) is 0 Å². The Bertz CT molecular complexity index is 591. The lowest BCUT2D eigenvalue weighted by Crippen LogP contribution is -2.22. The molecule has 0 saturated heterocycles. The number of ether oxygens (including phenoxy) is 1. The number of aryl methyl sites for hydroxylation is 2. The van der Waals surface area contributed by atoms with Crippen LogP contribution in [-0.2, 0) is 0 Å². The van der Waals surface area contributed by atoms with Gasteiger partial charge < -0.3 is 9.64 Å². The van der Waals surface area contributed by atoms with Gasteiger partial charge in [0.2, 0.25) is 5.88 Å². The Kier molecular flexibility index (Phi) is 2.14. The maximum Gasteiger partial charge on any atom is 0.227 e. The van der Waals surface area contributed by atoms with Crippen LogP contribution in [-0.4, -0.2) is 35.2 Å². The number of anilines is 1. The first kappa shape index (κ1) is 10.3. The predicted octanol–water partition coefficient (Wildman–Crippen LogP) is 1.47. The number of rotatable bonds is 0. The summed E-state index contributed by atoms with van der Waals surface area (Å²) < 4.78 is 5.68. The van der Waals surface area contributed by atoms with Gasteiger partial charge in [-0.3, -0.25) is 0 Å². The Morgan fingerprint density at radius 3 is 2.88 bits per heavy atom. The van der Waals surface area contributed by atoms with Crippen LogP contribution in [0.15, 0.2) is 6.07 Å². The third-order valence-electron chi connectivity index (χ3n) is 2.89. The Morgan fingerprint density at radius 1 is 1.24 bits per heavy atom. The summed E-state index contributed by atoms with van der Waals surface area (Å²) in [4.78, 5) is 15.5. The van der Waals surface area contributed by atoms with Crippen molar-refractivity contribution < 1.29 is 4.74 Å². The molecule has 3 rings (SSSR count). The van der Waals surface area contributed by atoms with Gasteiger partial charge in [0.05, 0.1) is 12.1 Å². The molecular formula is C12H14N4O. The van der Waals surface area contributed by atoms with Gasteiger partial charge in [-0.2, -0.15) is 0 Å². The molecule has 0 spiro atoms. The summed E-state index contributed by atoms with van der Waals surface area (Å²) >= 11 is 0. The average Bonchev–Trinajstić information content (AvgIpc) is 2.39. The highest BCUT2D eigenvalue weighted by molar-refractivity contribution is 5.94.